The Morgan fingerprint density at radius 3 is 2.67 bits per heavy atom. The average molecular weight is 304 g/mol. The molecule has 0 bridgehead atoms. The minimum absolute atomic E-state index is 0.219. The number of nitrogens with one attached hydrogen (secondary N) is 2. The molecule has 21 heavy (non-hydrogen) atoms. The Bertz CT molecular complexity index is 553. The van der Waals surface area contributed by atoms with Gasteiger partial charge in [-0.05, 0) is 42.8 Å². The molecule has 1 heterocycles. The predicted octanol–water partition coefficient (Wildman–Crippen LogP) is 3.25. The zero-order chi connectivity index (χ0) is 15.1. The van der Waals surface area contributed by atoms with Gasteiger partial charge in [-0.1, -0.05) is 30.3 Å². The number of carbonyl (C=O) groups excluding carboxylic acids is 1. The number of benzene rings is 1. The first-order chi connectivity index (χ1) is 10.1. The third-order valence-electron chi connectivity index (χ3n) is 3.18. The number of anilines is 1. The Balaban J connectivity index is 1.74. The van der Waals surface area contributed by atoms with E-state index < -0.39 is 5.60 Å². The lowest BCUT2D eigenvalue weighted by Crippen LogP contribution is -2.42. The van der Waals surface area contributed by atoms with Crippen LogP contribution in [-0.4, -0.2) is 23.3 Å². The summed E-state index contributed by atoms with van der Waals surface area (Å²) in [4.78, 5) is 11.7. The van der Waals surface area contributed by atoms with Gasteiger partial charge in [0.05, 0.1) is 10.6 Å². The largest absolute Gasteiger partial charge is 0.388 e. The first-order valence-electron chi connectivity index (χ1n) is 6.90. The molecule has 0 saturated heterocycles. The molecule has 0 unspecified atom stereocenters. The van der Waals surface area contributed by atoms with E-state index in [1.165, 1.54) is 16.9 Å². The summed E-state index contributed by atoms with van der Waals surface area (Å²) < 4.78 is 0. The Morgan fingerprint density at radius 2 is 2.00 bits per heavy atom. The summed E-state index contributed by atoms with van der Waals surface area (Å²) in [6.07, 6.45) is 1.37. The van der Waals surface area contributed by atoms with Crippen LogP contribution in [0.2, 0.25) is 0 Å². The Labute approximate surface area is 128 Å². The van der Waals surface area contributed by atoms with Crippen LogP contribution in [0.3, 0.4) is 0 Å². The smallest absolute Gasteiger partial charge is 0.319 e. The lowest BCUT2D eigenvalue weighted by molar-refractivity contribution is 0.0539. The molecule has 0 aliphatic carbocycles. The van der Waals surface area contributed by atoms with Crippen LogP contribution < -0.4 is 10.6 Å². The van der Waals surface area contributed by atoms with Crippen LogP contribution in [0, 0.1) is 0 Å². The predicted molar refractivity (Wildman–Crippen MR) is 86.7 cm³/mol. The summed E-state index contributed by atoms with van der Waals surface area (Å²) in [5.74, 6) is 0. The topological polar surface area (TPSA) is 61.4 Å². The quantitative estimate of drug-likeness (QED) is 0.767. The molecule has 112 valence electrons. The van der Waals surface area contributed by atoms with E-state index in [-0.39, 0.29) is 12.6 Å². The van der Waals surface area contributed by atoms with Gasteiger partial charge in [0.2, 0.25) is 0 Å². The van der Waals surface area contributed by atoms with Crippen molar-refractivity contribution in [3.8, 4) is 0 Å². The van der Waals surface area contributed by atoms with Gasteiger partial charge in [-0.15, -0.1) is 11.3 Å². The van der Waals surface area contributed by atoms with Crippen molar-refractivity contribution in [2.75, 3.05) is 11.9 Å². The molecule has 0 saturated carbocycles. The third kappa shape index (κ3) is 5.57. The van der Waals surface area contributed by atoms with Crippen LogP contribution >= 0.6 is 11.3 Å². The van der Waals surface area contributed by atoms with Gasteiger partial charge in [0.25, 0.3) is 0 Å². The SMILES string of the molecule is C[C@](O)(CCc1ccccc1)CNC(=O)Nc1cccs1. The average Bonchev–Trinajstić information content (AvgIpc) is 2.97. The molecule has 1 aromatic carbocycles. The first kappa shape index (κ1) is 15.5. The fourth-order valence-electron chi connectivity index (χ4n) is 1.92. The van der Waals surface area contributed by atoms with Gasteiger partial charge in [0.15, 0.2) is 0 Å². The first-order valence-corrected chi connectivity index (χ1v) is 7.78. The van der Waals surface area contributed by atoms with Crippen molar-refractivity contribution in [2.45, 2.75) is 25.4 Å². The standard InChI is InChI=1S/C16H20N2O2S/c1-16(20,10-9-13-6-3-2-4-7-13)12-17-15(19)18-14-8-5-11-21-14/h2-8,11,20H,9-10,12H2,1H3,(H2,17,18,19)/t16-/m0/s1. The van der Waals surface area contributed by atoms with Gasteiger partial charge in [0.1, 0.15) is 0 Å². The van der Waals surface area contributed by atoms with E-state index in [1.54, 1.807) is 6.92 Å². The lowest BCUT2D eigenvalue weighted by Gasteiger charge is -2.23. The van der Waals surface area contributed by atoms with E-state index in [9.17, 15) is 9.90 Å². The summed E-state index contributed by atoms with van der Waals surface area (Å²) in [6, 6.07) is 13.4. The van der Waals surface area contributed by atoms with Crippen molar-refractivity contribution in [3.63, 3.8) is 0 Å². The van der Waals surface area contributed by atoms with Crippen LogP contribution in [0.1, 0.15) is 18.9 Å². The number of carbonyl (C=O) groups is 1. The second-order valence-electron chi connectivity index (χ2n) is 5.27. The van der Waals surface area contributed by atoms with Gasteiger partial charge in [-0.25, -0.2) is 4.79 Å². The van der Waals surface area contributed by atoms with Crippen molar-refractivity contribution in [2.24, 2.45) is 0 Å². The van der Waals surface area contributed by atoms with Crippen molar-refractivity contribution in [1.29, 1.82) is 0 Å². The number of hydrogen-bond acceptors (Lipinski definition) is 3. The molecule has 1 atom stereocenters. The second kappa shape index (κ2) is 7.24. The van der Waals surface area contributed by atoms with E-state index in [1.807, 2.05) is 47.8 Å². The number of hydrogen-bond donors (Lipinski definition) is 3. The molecule has 0 spiro atoms. The van der Waals surface area contributed by atoms with Crippen LogP contribution in [0.25, 0.3) is 0 Å². The Kier molecular flexibility index (Phi) is 5.36. The van der Waals surface area contributed by atoms with Crippen molar-refractivity contribution < 1.29 is 9.90 Å². The highest BCUT2D eigenvalue weighted by Crippen LogP contribution is 2.15. The second-order valence-corrected chi connectivity index (χ2v) is 6.22. The van der Waals surface area contributed by atoms with Crippen LogP contribution in [0.4, 0.5) is 9.80 Å². The number of aryl methyl sites for hydroxylation is 1. The number of amides is 2. The molecule has 5 heteroatoms. The summed E-state index contributed by atoms with van der Waals surface area (Å²) in [7, 11) is 0. The maximum Gasteiger partial charge on any atom is 0.319 e. The Hall–Kier alpha value is -1.85. The fraction of sp³-hybridized carbons (Fsp3) is 0.312. The van der Waals surface area contributed by atoms with Crippen molar-refractivity contribution in [3.05, 3.63) is 53.4 Å². The van der Waals surface area contributed by atoms with E-state index in [4.69, 9.17) is 0 Å². The summed E-state index contributed by atoms with van der Waals surface area (Å²) in [5.41, 5.74) is 0.253. The number of aliphatic hydroxyl groups is 1. The normalized spacial score (nSPS) is 13.4. The zero-order valence-corrected chi connectivity index (χ0v) is 12.8. The van der Waals surface area contributed by atoms with E-state index in [0.717, 1.165) is 11.4 Å². The highest BCUT2D eigenvalue weighted by Gasteiger charge is 2.21. The molecule has 4 nitrogen and oxygen atoms in total. The molecule has 0 aliphatic heterocycles. The molecule has 2 amide bonds. The van der Waals surface area contributed by atoms with Gasteiger partial charge < -0.3 is 10.4 Å². The van der Waals surface area contributed by atoms with E-state index >= 15 is 0 Å². The molecule has 0 fully saturated rings. The summed E-state index contributed by atoms with van der Waals surface area (Å²) in [6.45, 7) is 1.96. The minimum atomic E-state index is -0.928. The van der Waals surface area contributed by atoms with Crippen LogP contribution in [-0.2, 0) is 6.42 Å². The minimum Gasteiger partial charge on any atom is -0.388 e. The molecule has 0 aliphatic rings. The molecule has 1 aromatic heterocycles. The highest BCUT2D eigenvalue weighted by molar-refractivity contribution is 7.14. The molecule has 3 N–H and O–H groups in total. The monoisotopic (exact) mass is 304 g/mol. The fourth-order valence-corrected chi connectivity index (χ4v) is 2.54. The number of thiophene rings is 1. The third-order valence-corrected chi connectivity index (χ3v) is 3.97. The highest BCUT2D eigenvalue weighted by atomic mass is 32.1. The van der Waals surface area contributed by atoms with Gasteiger partial charge in [0, 0.05) is 6.54 Å². The lowest BCUT2D eigenvalue weighted by atomic mass is 9.97. The van der Waals surface area contributed by atoms with Gasteiger partial charge in [-0.3, -0.25) is 5.32 Å². The van der Waals surface area contributed by atoms with Crippen molar-refractivity contribution in [1.82, 2.24) is 5.32 Å². The van der Waals surface area contributed by atoms with Gasteiger partial charge >= 0.3 is 6.03 Å². The molecule has 0 radical (unpaired) electrons. The van der Waals surface area contributed by atoms with Gasteiger partial charge in [-0.2, -0.15) is 0 Å². The van der Waals surface area contributed by atoms with E-state index in [0.29, 0.717) is 6.42 Å². The molecule has 2 aromatic rings. The van der Waals surface area contributed by atoms with Crippen molar-refractivity contribution >= 4 is 22.4 Å². The maximum atomic E-state index is 11.7. The Morgan fingerprint density at radius 1 is 1.24 bits per heavy atom. The van der Waals surface area contributed by atoms with Crippen LogP contribution in [0.15, 0.2) is 47.8 Å². The van der Waals surface area contributed by atoms with E-state index in [2.05, 4.69) is 10.6 Å². The maximum absolute atomic E-state index is 11.7. The summed E-state index contributed by atoms with van der Waals surface area (Å²) >= 11 is 1.46. The number of rotatable bonds is 6. The molecular formula is C16H20N2O2S. The summed E-state index contributed by atoms with van der Waals surface area (Å²) in [5, 5.41) is 18.4. The molecular weight excluding hydrogens is 284 g/mol. The van der Waals surface area contributed by atoms with Crippen LogP contribution in [0.5, 0.6) is 0 Å². The number of urea groups is 1. The molecule has 2 rings (SSSR count). The zero-order valence-electron chi connectivity index (χ0n) is 12.0.